The van der Waals surface area contributed by atoms with Gasteiger partial charge in [-0.25, -0.2) is 4.79 Å². The number of para-hydroxylation sites is 1. The molecule has 2 amide bonds. The second-order valence-corrected chi connectivity index (χ2v) is 7.82. The highest BCUT2D eigenvalue weighted by Gasteiger charge is 2.27. The van der Waals surface area contributed by atoms with Crippen LogP contribution < -0.4 is 15.4 Å². The first-order valence-electron chi connectivity index (χ1n) is 10.0. The van der Waals surface area contributed by atoms with Crippen LogP contribution in [0.15, 0.2) is 54.6 Å². The average molecular weight is 453 g/mol. The van der Waals surface area contributed by atoms with Crippen LogP contribution in [0, 0.1) is 6.92 Å². The summed E-state index contributed by atoms with van der Waals surface area (Å²) in [4.78, 5) is 38.7. The van der Waals surface area contributed by atoms with Gasteiger partial charge >= 0.3 is 5.97 Å². The van der Waals surface area contributed by atoms with E-state index in [0.29, 0.717) is 28.3 Å². The van der Waals surface area contributed by atoms with Crippen LogP contribution in [0.4, 0.5) is 5.00 Å². The highest BCUT2D eigenvalue weighted by molar-refractivity contribution is 7.18. The Kier molecular flexibility index (Phi) is 7.62. The molecule has 1 aromatic heterocycles. The summed E-state index contributed by atoms with van der Waals surface area (Å²) < 4.78 is 10.4. The Labute approximate surface area is 190 Å². The molecule has 0 aliphatic carbocycles. The fraction of sp³-hybridized carbons (Fsp3) is 0.208. The van der Waals surface area contributed by atoms with Crippen molar-refractivity contribution in [2.45, 2.75) is 20.4 Å². The number of ether oxygens (including phenoxy) is 2. The Balaban J connectivity index is 1.90. The van der Waals surface area contributed by atoms with Crippen LogP contribution in [-0.4, -0.2) is 31.5 Å². The number of benzene rings is 2. The van der Waals surface area contributed by atoms with Gasteiger partial charge in [0.05, 0.1) is 29.7 Å². The van der Waals surface area contributed by atoms with Gasteiger partial charge in [0.1, 0.15) is 10.8 Å². The molecule has 1 heterocycles. The topological polar surface area (TPSA) is 93.7 Å². The van der Waals surface area contributed by atoms with E-state index >= 15 is 0 Å². The molecule has 166 valence electrons. The van der Waals surface area contributed by atoms with Crippen LogP contribution in [0.2, 0.25) is 0 Å². The zero-order valence-corrected chi connectivity index (χ0v) is 18.9. The van der Waals surface area contributed by atoms with Gasteiger partial charge in [-0.1, -0.05) is 42.5 Å². The minimum atomic E-state index is -0.598. The van der Waals surface area contributed by atoms with Crippen LogP contribution in [0.5, 0.6) is 5.75 Å². The molecule has 0 spiro atoms. The van der Waals surface area contributed by atoms with E-state index in [0.717, 1.165) is 16.9 Å². The van der Waals surface area contributed by atoms with Crippen LogP contribution in [0.3, 0.4) is 0 Å². The van der Waals surface area contributed by atoms with Crippen LogP contribution >= 0.6 is 11.3 Å². The lowest BCUT2D eigenvalue weighted by Crippen LogP contribution is -2.22. The molecule has 32 heavy (non-hydrogen) atoms. The standard InChI is InChI=1S/C24H24N2O5S/c1-4-31-24(29)19-15(2)20(22(28)25-14-16-10-6-5-7-11-16)32-23(19)26-21(27)17-12-8-9-13-18(17)30-3/h5-13H,4,14H2,1-3H3,(H,25,28)(H,26,27). The number of rotatable bonds is 8. The largest absolute Gasteiger partial charge is 0.496 e. The minimum Gasteiger partial charge on any atom is -0.496 e. The SMILES string of the molecule is CCOC(=O)c1c(NC(=O)c2ccccc2OC)sc(C(=O)NCc2ccccc2)c1C. The van der Waals surface area contributed by atoms with Gasteiger partial charge in [0.25, 0.3) is 11.8 Å². The number of esters is 1. The molecule has 0 saturated carbocycles. The molecule has 2 aromatic carbocycles. The van der Waals surface area contributed by atoms with E-state index < -0.39 is 11.9 Å². The number of methoxy groups -OCH3 is 1. The van der Waals surface area contributed by atoms with Crippen LogP contribution in [-0.2, 0) is 11.3 Å². The maximum atomic E-state index is 12.9. The Morgan fingerprint density at radius 2 is 1.66 bits per heavy atom. The Bertz CT molecular complexity index is 1120. The number of carbonyl (C=O) groups is 3. The number of nitrogens with one attached hydrogen (secondary N) is 2. The average Bonchev–Trinajstić information content (AvgIpc) is 3.13. The number of anilines is 1. The maximum Gasteiger partial charge on any atom is 0.341 e. The second-order valence-electron chi connectivity index (χ2n) is 6.80. The molecule has 0 unspecified atom stereocenters. The smallest absolute Gasteiger partial charge is 0.341 e. The van der Waals surface area contributed by atoms with Gasteiger partial charge in [-0.3, -0.25) is 9.59 Å². The fourth-order valence-corrected chi connectivity index (χ4v) is 4.23. The van der Waals surface area contributed by atoms with Gasteiger partial charge in [0, 0.05) is 6.54 Å². The second kappa shape index (κ2) is 10.6. The number of carbonyl (C=O) groups excluding carboxylic acids is 3. The van der Waals surface area contributed by atoms with Crippen molar-refractivity contribution < 1.29 is 23.9 Å². The maximum absolute atomic E-state index is 12.9. The normalized spacial score (nSPS) is 10.3. The first-order chi connectivity index (χ1) is 15.5. The predicted molar refractivity (Wildman–Crippen MR) is 124 cm³/mol. The summed E-state index contributed by atoms with van der Waals surface area (Å²) in [6.45, 7) is 3.87. The minimum absolute atomic E-state index is 0.170. The summed E-state index contributed by atoms with van der Waals surface area (Å²) in [5.41, 5.74) is 1.88. The zero-order chi connectivity index (χ0) is 23.1. The zero-order valence-electron chi connectivity index (χ0n) is 18.1. The third-order valence-electron chi connectivity index (χ3n) is 4.71. The van der Waals surface area contributed by atoms with E-state index in [2.05, 4.69) is 10.6 Å². The van der Waals surface area contributed by atoms with Gasteiger partial charge in [0.2, 0.25) is 0 Å². The van der Waals surface area contributed by atoms with Crippen molar-refractivity contribution in [3.05, 3.63) is 81.7 Å². The van der Waals surface area contributed by atoms with E-state index in [4.69, 9.17) is 9.47 Å². The van der Waals surface area contributed by atoms with E-state index in [1.165, 1.54) is 7.11 Å². The Hall–Kier alpha value is -3.65. The molecule has 0 radical (unpaired) electrons. The van der Waals surface area contributed by atoms with Crippen molar-refractivity contribution in [1.29, 1.82) is 0 Å². The van der Waals surface area contributed by atoms with E-state index in [9.17, 15) is 14.4 Å². The van der Waals surface area contributed by atoms with Crippen molar-refractivity contribution in [1.82, 2.24) is 5.32 Å². The molecule has 7 nitrogen and oxygen atoms in total. The van der Waals surface area contributed by atoms with Crippen molar-refractivity contribution in [2.24, 2.45) is 0 Å². The Morgan fingerprint density at radius 3 is 2.34 bits per heavy atom. The lowest BCUT2D eigenvalue weighted by atomic mass is 10.1. The highest BCUT2D eigenvalue weighted by Crippen LogP contribution is 2.34. The summed E-state index contributed by atoms with van der Waals surface area (Å²) in [5, 5.41) is 5.86. The van der Waals surface area contributed by atoms with Crippen LogP contribution in [0.25, 0.3) is 0 Å². The molecule has 0 saturated heterocycles. The van der Waals surface area contributed by atoms with Crippen LogP contribution in [0.1, 0.15) is 48.4 Å². The lowest BCUT2D eigenvalue weighted by Gasteiger charge is -2.09. The summed E-state index contributed by atoms with van der Waals surface area (Å²) in [7, 11) is 1.47. The summed E-state index contributed by atoms with van der Waals surface area (Å²) >= 11 is 1.03. The van der Waals surface area contributed by atoms with Crippen molar-refractivity contribution >= 4 is 34.1 Å². The molecule has 0 aliphatic heterocycles. The van der Waals surface area contributed by atoms with Crippen molar-refractivity contribution in [2.75, 3.05) is 19.0 Å². The predicted octanol–water partition coefficient (Wildman–Crippen LogP) is 4.42. The molecular weight excluding hydrogens is 428 g/mol. The van der Waals surface area contributed by atoms with Gasteiger partial charge in [-0.15, -0.1) is 11.3 Å². The molecule has 8 heteroatoms. The molecule has 0 bridgehead atoms. The third-order valence-corrected chi connectivity index (χ3v) is 5.91. The number of amides is 2. The first kappa shape index (κ1) is 23.0. The first-order valence-corrected chi connectivity index (χ1v) is 10.8. The van der Waals surface area contributed by atoms with Gasteiger partial charge in [-0.05, 0) is 37.1 Å². The quantitative estimate of drug-likeness (QED) is 0.494. The fourth-order valence-electron chi connectivity index (χ4n) is 3.13. The number of thiophene rings is 1. The molecule has 3 aromatic rings. The Morgan fingerprint density at radius 1 is 0.969 bits per heavy atom. The highest BCUT2D eigenvalue weighted by atomic mass is 32.1. The molecular formula is C24H24N2O5S. The molecule has 0 atom stereocenters. The number of hydrogen-bond acceptors (Lipinski definition) is 6. The third kappa shape index (κ3) is 5.15. The van der Waals surface area contributed by atoms with E-state index in [1.807, 2.05) is 30.3 Å². The lowest BCUT2D eigenvalue weighted by molar-refractivity contribution is 0.0527. The number of hydrogen-bond donors (Lipinski definition) is 2. The molecule has 0 fully saturated rings. The monoisotopic (exact) mass is 452 g/mol. The summed E-state index contributed by atoms with van der Waals surface area (Å²) in [6.07, 6.45) is 0. The molecule has 2 N–H and O–H groups in total. The van der Waals surface area contributed by atoms with E-state index in [1.54, 1.807) is 38.1 Å². The summed E-state index contributed by atoms with van der Waals surface area (Å²) in [6, 6.07) is 16.3. The van der Waals surface area contributed by atoms with E-state index in [-0.39, 0.29) is 23.1 Å². The van der Waals surface area contributed by atoms with Crippen molar-refractivity contribution in [3.8, 4) is 5.75 Å². The van der Waals surface area contributed by atoms with Gasteiger partial charge in [-0.2, -0.15) is 0 Å². The van der Waals surface area contributed by atoms with Gasteiger partial charge < -0.3 is 20.1 Å². The van der Waals surface area contributed by atoms with Crippen molar-refractivity contribution in [3.63, 3.8) is 0 Å². The van der Waals surface area contributed by atoms with Gasteiger partial charge in [0.15, 0.2) is 0 Å². The molecule has 0 aliphatic rings. The molecule has 3 rings (SSSR count). The summed E-state index contributed by atoms with van der Waals surface area (Å²) in [5.74, 6) is -0.985.